The summed E-state index contributed by atoms with van der Waals surface area (Å²) in [6.45, 7) is 2.23. The topological polar surface area (TPSA) is 61.8 Å². The minimum atomic E-state index is -0.284. The lowest BCUT2D eigenvalue weighted by Crippen LogP contribution is -2.42. The van der Waals surface area contributed by atoms with Gasteiger partial charge in [0.15, 0.2) is 0 Å². The molecule has 118 valence electrons. The Morgan fingerprint density at radius 1 is 1.50 bits per heavy atom. The summed E-state index contributed by atoms with van der Waals surface area (Å²) in [4.78, 5) is 14.1. The van der Waals surface area contributed by atoms with Crippen LogP contribution in [-0.4, -0.2) is 30.8 Å². The van der Waals surface area contributed by atoms with E-state index in [1.165, 1.54) is 5.57 Å². The molecule has 2 aliphatic heterocycles. The summed E-state index contributed by atoms with van der Waals surface area (Å²) >= 11 is 0. The Hall–Kier alpha value is -2.17. The van der Waals surface area contributed by atoms with Crippen LogP contribution in [0.5, 0.6) is 5.75 Å². The van der Waals surface area contributed by atoms with E-state index in [-0.39, 0.29) is 12.0 Å². The fourth-order valence-electron chi connectivity index (χ4n) is 3.29. The van der Waals surface area contributed by atoms with Gasteiger partial charge in [-0.25, -0.2) is 4.79 Å². The number of nitrogens with one attached hydrogen (secondary N) is 1. The number of hydrogen-bond acceptors (Lipinski definition) is 5. The molecule has 1 atom stereocenters. The molecule has 0 radical (unpaired) electrons. The fourth-order valence-corrected chi connectivity index (χ4v) is 3.29. The maximum absolute atomic E-state index is 12.1. The van der Waals surface area contributed by atoms with E-state index in [1.54, 1.807) is 6.07 Å². The summed E-state index contributed by atoms with van der Waals surface area (Å²) in [6, 6.07) is 5.15. The zero-order valence-electron chi connectivity index (χ0n) is 13.1. The third kappa shape index (κ3) is 2.63. The molecule has 2 aliphatic rings. The van der Waals surface area contributed by atoms with E-state index >= 15 is 0 Å². The van der Waals surface area contributed by atoms with Gasteiger partial charge < -0.3 is 20.1 Å². The molecule has 0 amide bonds. The quantitative estimate of drug-likeness (QED) is 0.821. The van der Waals surface area contributed by atoms with Gasteiger partial charge in [-0.1, -0.05) is 0 Å². The molecule has 0 fully saturated rings. The Bertz CT molecular complexity index is 624. The van der Waals surface area contributed by atoms with Gasteiger partial charge in [0, 0.05) is 12.7 Å². The highest BCUT2D eigenvalue weighted by Gasteiger charge is 2.30. The molecular formula is C17H22N2O3. The van der Waals surface area contributed by atoms with Crippen LogP contribution < -0.4 is 10.2 Å². The molecular weight excluding hydrogens is 280 g/mol. The van der Waals surface area contributed by atoms with Gasteiger partial charge in [0.05, 0.1) is 6.61 Å². The summed E-state index contributed by atoms with van der Waals surface area (Å²) in [7, 11) is 1.99. The van der Waals surface area contributed by atoms with E-state index < -0.39 is 0 Å². The molecule has 0 saturated carbocycles. The Morgan fingerprint density at radius 3 is 3.09 bits per heavy atom. The van der Waals surface area contributed by atoms with Crippen LogP contribution >= 0.6 is 0 Å². The number of carbonyl (C=O) groups is 1. The minimum Gasteiger partial charge on any atom is -0.508 e. The number of benzene rings is 1. The first-order valence-electron chi connectivity index (χ1n) is 7.81. The van der Waals surface area contributed by atoms with Gasteiger partial charge in [-0.15, -0.1) is 0 Å². The van der Waals surface area contributed by atoms with Crippen molar-refractivity contribution in [2.45, 2.75) is 38.6 Å². The highest BCUT2D eigenvalue weighted by Crippen LogP contribution is 2.36. The predicted octanol–water partition coefficient (Wildman–Crippen LogP) is 2.30. The van der Waals surface area contributed by atoms with Gasteiger partial charge in [0.1, 0.15) is 17.6 Å². The number of esters is 1. The van der Waals surface area contributed by atoms with Gasteiger partial charge in [-0.2, -0.15) is 0 Å². The average Bonchev–Trinajstić information content (AvgIpc) is 2.70. The van der Waals surface area contributed by atoms with E-state index in [0.717, 1.165) is 42.8 Å². The first-order chi connectivity index (χ1) is 10.6. The van der Waals surface area contributed by atoms with Crippen LogP contribution in [-0.2, 0) is 16.0 Å². The highest BCUT2D eigenvalue weighted by molar-refractivity contribution is 5.77. The van der Waals surface area contributed by atoms with E-state index in [4.69, 9.17) is 4.74 Å². The second kappa shape index (κ2) is 5.91. The highest BCUT2D eigenvalue weighted by atomic mass is 16.5. The number of phenolic OH excluding ortho intramolecular Hbond substituents is 1. The Balaban J connectivity index is 1.89. The van der Waals surface area contributed by atoms with Gasteiger partial charge in [-0.3, -0.25) is 0 Å². The number of fused-ring (bicyclic) bond motifs is 1. The monoisotopic (exact) mass is 302 g/mol. The number of carbonyl (C=O) groups excluding carboxylic acids is 1. The van der Waals surface area contributed by atoms with Crippen molar-refractivity contribution in [3.63, 3.8) is 0 Å². The maximum Gasteiger partial charge on any atom is 0.328 e. The second-order valence-electron chi connectivity index (χ2n) is 5.84. The van der Waals surface area contributed by atoms with Crippen LogP contribution in [0, 0.1) is 0 Å². The van der Waals surface area contributed by atoms with Crippen LogP contribution in [0.1, 0.15) is 31.7 Å². The lowest BCUT2D eigenvalue weighted by Gasteiger charge is -2.33. The van der Waals surface area contributed by atoms with Crippen molar-refractivity contribution in [2.75, 3.05) is 18.6 Å². The van der Waals surface area contributed by atoms with Crippen LogP contribution in [0.3, 0.4) is 0 Å². The van der Waals surface area contributed by atoms with Crippen LogP contribution in [0.2, 0.25) is 0 Å². The lowest BCUT2D eigenvalue weighted by atomic mass is 9.95. The third-order valence-corrected chi connectivity index (χ3v) is 4.35. The fraction of sp³-hybridized carbons (Fsp3) is 0.471. The maximum atomic E-state index is 12.1. The number of hydrogen-bond donors (Lipinski definition) is 2. The number of aromatic hydroxyl groups is 1. The molecule has 2 heterocycles. The summed E-state index contributed by atoms with van der Waals surface area (Å²) < 4.78 is 5.16. The van der Waals surface area contributed by atoms with Crippen molar-refractivity contribution >= 4 is 11.7 Å². The van der Waals surface area contributed by atoms with Crippen LogP contribution in [0.15, 0.2) is 29.6 Å². The standard InChI is InChI=1S/C17H22N2O3/c1-3-22-17(21)14-6-4-5-11-9-12-10-13(20)7-8-15(12)19(2)16(11)18-14/h7-8,10,14,18,20H,3-6,9H2,1-2H3. The minimum absolute atomic E-state index is 0.179. The Kier molecular flexibility index (Phi) is 3.96. The first-order valence-corrected chi connectivity index (χ1v) is 7.81. The van der Waals surface area contributed by atoms with Crippen LogP contribution in [0.25, 0.3) is 0 Å². The Labute approximate surface area is 130 Å². The molecule has 5 heteroatoms. The number of phenols is 1. The van der Waals surface area contributed by atoms with Crippen molar-refractivity contribution in [1.82, 2.24) is 5.32 Å². The molecule has 5 nitrogen and oxygen atoms in total. The first kappa shape index (κ1) is 14.8. The summed E-state index contributed by atoms with van der Waals surface area (Å²) in [5.74, 6) is 1.12. The molecule has 2 N–H and O–H groups in total. The number of ether oxygens (including phenoxy) is 1. The van der Waals surface area contributed by atoms with Crippen molar-refractivity contribution in [3.8, 4) is 5.75 Å². The van der Waals surface area contributed by atoms with E-state index in [0.29, 0.717) is 12.4 Å². The molecule has 22 heavy (non-hydrogen) atoms. The molecule has 0 bridgehead atoms. The largest absolute Gasteiger partial charge is 0.508 e. The number of allylic oxidation sites excluding steroid dienone is 1. The second-order valence-corrected chi connectivity index (χ2v) is 5.84. The summed E-state index contributed by atoms with van der Waals surface area (Å²) in [5.41, 5.74) is 3.47. The van der Waals surface area contributed by atoms with E-state index in [9.17, 15) is 9.90 Å². The normalized spacial score (nSPS) is 20.6. The summed E-state index contributed by atoms with van der Waals surface area (Å²) in [6.07, 6.45) is 3.50. The average molecular weight is 302 g/mol. The molecule has 1 unspecified atom stereocenters. The van der Waals surface area contributed by atoms with E-state index in [1.807, 2.05) is 26.1 Å². The van der Waals surface area contributed by atoms with Crippen molar-refractivity contribution in [1.29, 1.82) is 0 Å². The Morgan fingerprint density at radius 2 is 2.32 bits per heavy atom. The zero-order chi connectivity index (χ0) is 15.7. The number of anilines is 1. The van der Waals surface area contributed by atoms with Crippen molar-refractivity contribution < 1.29 is 14.6 Å². The third-order valence-electron chi connectivity index (χ3n) is 4.35. The molecule has 1 aromatic rings. The molecule has 0 aromatic heterocycles. The van der Waals surface area contributed by atoms with Gasteiger partial charge in [0.2, 0.25) is 0 Å². The van der Waals surface area contributed by atoms with Crippen LogP contribution in [0.4, 0.5) is 5.69 Å². The van der Waals surface area contributed by atoms with Gasteiger partial charge >= 0.3 is 5.97 Å². The predicted molar refractivity (Wildman–Crippen MR) is 84.6 cm³/mol. The molecule has 0 spiro atoms. The molecule has 0 aliphatic carbocycles. The number of rotatable bonds is 2. The lowest BCUT2D eigenvalue weighted by molar-refractivity contribution is -0.145. The SMILES string of the molecule is CCOC(=O)C1CCCC2=C(N1)N(C)c1ccc(O)cc1C2. The van der Waals surface area contributed by atoms with Crippen molar-refractivity contribution in [3.05, 3.63) is 35.2 Å². The zero-order valence-corrected chi connectivity index (χ0v) is 13.1. The summed E-state index contributed by atoms with van der Waals surface area (Å²) in [5, 5.41) is 13.1. The number of nitrogens with zero attached hydrogens (tertiary/aromatic N) is 1. The van der Waals surface area contributed by atoms with E-state index in [2.05, 4.69) is 10.2 Å². The molecule has 1 aromatic carbocycles. The van der Waals surface area contributed by atoms with Gasteiger partial charge in [0.25, 0.3) is 0 Å². The van der Waals surface area contributed by atoms with Crippen molar-refractivity contribution in [2.24, 2.45) is 0 Å². The van der Waals surface area contributed by atoms with Gasteiger partial charge in [-0.05, 0) is 61.9 Å². The smallest absolute Gasteiger partial charge is 0.328 e. The molecule has 0 saturated heterocycles. The molecule has 3 rings (SSSR count).